The Bertz CT molecular complexity index is 465. The summed E-state index contributed by atoms with van der Waals surface area (Å²) < 4.78 is 0. The second-order valence-electron chi connectivity index (χ2n) is 3.80. The molecule has 18 heavy (non-hydrogen) atoms. The number of hydrogen-bond acceptors (Lipinski definition) is 3. The zero-order chi connectivity index (χ0) is 13.7. The van der Waals surface area contributed by atoms with Gasteiger partial charge in [-0.15, -0.1) is 11.8 Å². The number of hydrogen-bond donors (Lipinski definition) is 2. The minimum atomic E-state index is -0.932. The molecule has 1 aromatic rings. The van der Waals surface area contributed by atoms with Gasteiger partial charge in [-0.2, -0.15) is 0 Å². The Morgan fingerprint density at radius 1 is 1.50 bits per heavy atom. The number of benzene rings is 1. The van der Waals surface area contributed by atoms with Crippen LogP contribution in [0, 0.1) is 6.92 Å². The number of aliphatic carboxylic acids is 1. The largest absolute Gasteiger partial charge is 0.481 e. The van der Waals surface area contributed by atoms with Gasteiger partial charge in [0.15, 0.2) is 0 Å². The van der Waals surface area contributed by atoms with Gasteiger partial charge in [0.25, 0.3) is 0 Å². The van der Waals surface area contributed by atoms with Gasteiger partial charge >= 0.3 is 5.97 Å². The number of carboxylic acids is 1. The summed E-state index contributed by atoms with van der Waals surface area (Å²) >= 11 is 7.02. The Morgan fingerprint density at radius 3 is 2.72 bits per heavy atom. The summed E-state index contributed by atoms with van der Waals surface area (Å²) in [7, 11) is 0. The van der Waals surface area contributed by atoms with E-state index in [4.69, 9.17) is 16.7 Å². The van der Waals surface area contributed by atoms with Crippen LogP contribution >= 0.6 is 23.4 Å². The highest BCUT2D eigenvalue weighted by Crippen LogP contribution is 2.21. The Labute approximate surface area is 115 Å². The molecule has 0 aromatic heterocycles. The molecule has 0 aliphatic heterocycles. The van der Waals surface area contributed by atoms with Crippen LogP contribution in [-0.4, -0.2) is 28.0 Å². The second-order valence-corrected chi connectivity index (χ2v) is 5.54. The van der Waals surface area contributed by atoms with E-state index < -0.39 is 11.2 Å². The predicted molar refractivity (Wildman–Crippen MR) is 74.4 cm³/mol. The van der Waals surface area contributed by atoms with E-state index in [1.54, 1.807) is 19.1 Å². The highest BCUT2D eigenvalue weighted by atomic mass is 35.5. The third-order valence-corrected chi connectivity index (χ3v) is 3.80. The molecule has 0 bridgehead atoms. The van der Waals surface area contributed by atoms with Crippen molar-refractivity contribution in [1.82, 2.24) is 0 Å². The molecule has 0 heterocycles. The van der Waals surface area contributed by atoms with Gasteiger partial charge in [0.05, 0.1) is 11.0 Å². The molecule has 1 aromatic carbocycles. The zero-order valence-electron chi connectivity index (χ0n) is 10.1. The Balaban J connectivity index is 2.58. The molecule has 1 unspecified atom stereocenters. The van der Waals surface area contributed by atoms with Crippen LogP contribution in [-0.2, 0) is 9.59 Å². The van der Waals surface area contributed by atoms with E-state index >= 15 is 0 Å². The zero-order valence-corrected chi connectivity index (χ0v) is 11.6. The number of rotatable bonds is 5. The van der Waals surface area contributed by atoms with Crippen molar-refractivity contribution in [3.05, 3.63) is 28.8 Å². The van der Waals surface area contributed by atoms with Crippen LogP contribution < -0.4 is 5.32 Å². The molecule has 1 rings (SSSR count). The van der Waals surface area contributed by atoms with Gasteiger partial charge in [0, 0.05) is 10.7 Å². The van der Waals surface area contributed by atoms with Crippen molar-refractivity contribution in [3.63, 3.8) is 0 Å². The van der Waals surface area contributed by atoms with E-state index in [-0.39, 0.29) is 11.7 Å². The average molecular weight is 288 g/mol. The standard InChI is InChI=1S/C12H14ClNO3S/c1-7-3-4-9(5-10(7)13)14-12(17)8(2)18-6-11(15)16/h3-5,8H,6H2,1-2H3,(H,14,17)(H,15,16). The van der Waals surface area contributed by atoms with Crippen LogP contribution in [0.4, 0.5) is 5.69 Å². The lowest BCUT2D eigenvalue weighted by molar-refractivity contribution is -0.133. The summed E-state index contributed by atoms with van der Waals surface area (Å²) in [5, 5.41) is 11.4. The van der Waals surface area contributed by atoms with Crippen LogP contribution in [0.3, 0.4) is 0 Å². The highest BCUT2D eigenvalue weighted by Gasteiger charge is 2.15. The average Bonchev–Trinajstić information content (AvgIpc) is 2.30. The first-order chi connectivity index (χ1) is 8.40. The Morgan fingerprint density at radius 2 is 2.17 bits per heavy atom. The highest BCUT2D eigenvalue weighted by molar-refractivity contribution is 8.01. The minimum Gasteiger partial charge on any atom is -0.481 e. The second kappa shape index (κ2) is 6.66. The summed E-state index contributed by atoms with van der Waals surface area (Å²) in [6.45, 7) is 3.54. The monoisotopic (exact) mass is 287 g/mol. The van der Waals surface area contributed by atoms with Crippen molar-refractivity contribution in [3.8, 4) is 0 Å². The normalized spacial score (nSPS) is 11.9. The summed E-state index contributed by atoms with van der Waals surface area (Å²) in [6, 6.07) is 5.24. The molecule has 0 saturated carbocycles. The quantitative estimate of drug-likeness (QED) is 0.874. The molecular weight excluding hydrogens is 274 g/mol. The van der Waals surface area contributed by atoms with Gasteiger partial charge < -0.3 is 10.4 Å². The van der Waals surface area contributed by atoms with E-state index in [9.17, 15) is 9.59 Å². The lowest BCUT2D eigenvalue weighted by Crippen LogP contribution is -2.23. The summed E-state index contributed by atoms with van der Waals surface area (Å²) in [6.07, 6.45) is 0. The lowest BCUT2D eigenvalue weighted by atomic mass is 10.2. The smallest absolute Gasteiger partial charge is 0.313 e. The van der Waals surface area contributed by atoms with E-state index in [0.717, 1.165) is 17.3 Å². The number of carboxylic acid groups (broad SMARTS) is 1. The number of thioether (sulfide) groups is 1. The van der Waals surface area contributed by atoms with E-state index in [1.165, 1.54) is 0 Å². The molecular formula is C12H14ClNO3S. The van der Waals surface area contributed by atoms with Crippen molar-refractivity contribution in [1.29, 1.82) is 0 Å². The molecule has 1 atom stereocenters. The van der Waals surface area contributed by atoms with Crippen LogP contribution in [0.1, 0.15) is 12.5 Å². The summed E-state index contributed by atoms with van der Waals surface area (Å²) in [5.41, 5.74) is 1.54. The van der Waals surface area contributed by atoms with E-state index in [1.807, 2.05) is 13.0 Å². The number of aryl methyl sites for hydroxylation is 1. The molecule has 2 N–H and O–H groups in total. The van der Waals surface area contributed by atoms with Gasteiger partial charge in [0.1, 0.15) is 0 Å². The fraction of sp³-hybridized carbons (Fsp3) is 0.333. The molecule has 6 heteroatoms. The first-order valence-electron chi connectivity index (χ1n) is 5.30. The van der Waals surface area contributed by atoms with Gasteiger partial charge in [-0.05, 0) is 31.5 Å². The number of carbonyl (C=O) groups is 2. The summed E-state index contributed by atoms with van der Waals surface area (Å²) in [4.78, 5) is 22.2. The predicted octanol–water partition coefficient (Wildman–Crippen LogP) is 2.79. The first-order valence-corrected chi connectivity index (χ1v) is 6.73. The van der Waals surface area contributed by atoms with Crippen molar-refractivity contribution in [2.24, 2.45) is 0 Å². The molecule has 0 radical (unpaired) electrons. The first kappa shape index (κ1) is 14.9. The lowest BCUT2D eigenvalue weighted by Gasteiger charge is -2.11. The fourth-order valence-electron chi connectivity index (χ4n) is 1.19. The molecule has 98 valence electrons. The summed E-state index contributed by atoms with van der Waals surface area (Å²) in [5.74, 6) is -1.26. The van der Waals surface area contributed by atoms with Crippen molar-refractivity contribution in [2.75, 3.05) is 11.1 Å². The Kier molecular flexibility index (Phi) is 5.50. The van der Waals surface area contributed by atoms with Crippen molar-refractivity contribution in [2.45, 2.75) is 19.1 Å². The van der Waals surface area contributed by atoms with Crippen molar-refractivity contribution < 1.29 is 14.7 Å². The minimum absolute atomic E-state index is 0.0940. The topological polar surface area (TPSA) is 66.4 Å². The number of anilines is 1. The SMILES string of the molecule is Cc1ccc(NC(=O)C(C)SCC(=O)O)cc1Cl. The third kappa shape index (κ3) is 4.58. The van der Waals surface area contributed by atoms with Crippen LogP contribution in [0.25, 0.3) is 0 Å². The number of amides is 1. The maximum atomic E-state index is 11.8. The van der Waals surface area contributed by atoms with Gasteiger partial charge in [0.2, 0.25) is 5.91 Å². The fourth-order valence-corrected chi connectivity index (χ4v) is 1.97. The molecule has 0 saturated heterocycles. The number of carbonyl (C=O) groups excluding carboxylic acids is 1. The van der Waals surface area contributed by atoms with Crippen molar-refractivity contribution >= 4 is 40.9 Å². The van der Waals surface area contributed by atoms with Crippen LogP contribution in [0.2, 0.25) is 5.02 Å². The van der Waals surface area contributed by atoms with Crippen LogP contribution in [0.15, 0.2) is 18.2 Å². The Hall–Kier alpha value is -1.20. The van der Waals surface area contributed by atoms with E-state index in [0.29, 0.717) is 10.7 Å². The number of halogens is 1. The third-order valence-electron chi connectivity index (χ3n) is 2.27. The van der Waals surface area contributed by atoms with Gasteiger partial charge in [-0.25, -0.2) is 0 Å². The molecule has 0 fully saturated rings. The van der Waals surface area contributed by atoms with Gasteiger partial charge in [-0.3, -0.25) is 9.59 Å². The van der Waals surface area contributed by atoms with E-state index in [2.05, 4.69) is 5.32 Å². The molecule has 1 amide bonds. The van der Waals surface area contributed by atoms with Gasteiger partial charge in [-0.1, -0.05) is 17.7 Å². The molecule has 4 nitrogen and oxygen atoms in total. The number of nitrogens with one attached hydrogen (secondary N) is 1. The molecule has 0 aliphatic carbocycles. The molecule has 0 spiro atoms. The maximum absolute atomic E-state index is 11.8. The molecule has 0 aliphatic rings. The maximum Gasteiger partial charge on any atom is 0.313 e. The van der Waals surface area contributed by atoms with Crippen LogP contribution in [0.5, 0.6) is 0 Å².